The molecule has 1 saturated carbocycles. The maximum atomic E-state index is 11.5. The molecule has 2 rings (SSSR count). The number of halogens is 1. The summed E-state index contributed by atoms with van der Waals surface area (Å²) in [5.74, 6) is -0.552. The van der Waals surface area contributed by atoms with Crippen LogP contribution in [0.4, 0.5) is 0 Å². The van der Waals surface area contributed by atoms with Gasteiger partial charge in [0.05, 0.1) is 17.2 Å². The van der Waals surface area contributed by atoms with Crippen molar-refractivity contribution in [2.45, 2.75) is 11.2 Å². The first-order chi connectivity index (χ1) is 7.45. The van der Waals surface area contributed by atoms with Crippen LogP contribution in [0.2, 0.25) is 0 Å². The summed E-state index contributed by atoms with van der Waals surface area (Å²) in [6, 6.07) is 9.52. The number of sulfone groups is 1. The molecule has 0 radical (unpaired) electrons. The minimum absolute atomic E-state index is 0.159. The standard InChI is InChI=1S/C11H10BrNO2S/c1-16(14,15)11-9(6-13)10(11)7-2-4-8(12)5-3-7/h2-5,9-11H,1H3/t9-,10+,11+/m0/s1. The Morgan fingerprint density at radius 1 is 1.31 bits per heavy atom. The molecule has 1 aromatic carbocycles. The van der Waals surface area contributed by atoms with Gasteiger partial charge in [0.25, 0.3) is 0 Å². The van der Waals surface area contributed by atoms with Gasteiger partial charge in [-0.1, -0.05) is 28.1 Å². The average molecular weight is 300 g/mol. The second-order valence-electron chi connectivity index (χ2n) is 4.03. The monoisotopic (exact) mass is 299 g/mol. The summed E-state index contributed by atoms with van der Waals surface area (Å²) in [6.45, 7) is 0. The minimum atomic E-state index is -3.13. The van der Waals surface area contributed by atoms with Gasteiger partial charge in [-0.25, -0.2) is 8.42 Å². The summed E-state index contributed by atoms with van der Waals surface area (Å²) in [5, 5.41) is 8.37. The molecular formula is C11H10BrNO2S. The molecule has 1 aromatic rings. The van der Waals surface area contributed by atoms with Gasteiger partial charge < -0.3 is 0 Å². The van der Waals surface area contributed by atoms with Gasteiger partial charge in [-0.05, 0) is 17.7 Å². The zero-order valence-electron chi connectivity index (χ0n) is 8.59. The topological polar surface area (TPSA) is 57.9 Å². The molecule has 1 aliphatic carbocycles. The Kier molecular flexibility index (Phi) is 2.81. The van der Waals surface area contributed by atoms with Crippen molar-refractivity contribution in [1.29, 1.82) is 5.26 Å². The van der Waals surface area contributed by atoms with Gasteiger partial charge in [0.15, 0.2) is 9.84 Å². The van der Waals surface area contributed by atoms with Crippen LogP contribution in [0.1, 0.15) is 11.5 Å². The van der Waals surface area contributed by atoms with Gasteiger partial charge in [-0.2, -0.15) is 5.26 Å². The van der Waals surface area contributed by atoms with Crippen molar-refractivity contribution in [1.82, 2.24) is 0 Å². The Labute approximate surface area is 103 Å². The van der Waals surface area contributed by atoms with Crippen LogP contribution in [0.15, 0.2) is 28.7 Å². The van der Waals surface area contributed by atoms with Crippen molar-refractivity contribution in [2.75, 3.05) is 6.26 Å². The van der Waals surface area contributed by atoms with E-state index in [1.807, 2.05) is 24.3 Å². The lowest BCUT2D eigenvalue weighted by atomic mass is 10.1. The number of rotatable bonds is 2. The summed E-state index contributed by atoms with van der Waals surface area (Å²) in [5.41, 5.74) is 0.921. The van der Waals surface area contributed by atoms with Crippen LogP contribution >= 0.6 is 15.9 Å². The third-order valence-electron chi connectivity index (χ3n) is 2.85. The van der Waals surface area contributed by atoms with E-state index < -0.39 is 21.0 Å². The van der Waals surface area contributed by atoms with Crippen LogP contribution in [0.5, 0.6) is 0 Å². The Bertz CT molecular complexity index is 544. The molecule has 0 heterocycles. The molecule has 0 bridgehead atoms. The quantitative estimate of drug-likeness (QED) is 0.840. The van der Waals surface area contributed by atoms with Crippen molar-refractivity contribution in [3.05, 3.63) is 34.3 Å². The van der Waals surface area contributed by atoms with Gasteiger partial charge in [-0.15, -0.1) is 0 Å². The smallest absolute Gasteiger partial charge is 0.152 e. The summed E-state index contributed by atoms with van der Waals surface area (Å²) >= 11 is 3.32. The highest BCUT2D eigenvalue weighted by atomic mass is 79.9. The van der Waals surface area contributed by atoms with E-state index in [4.69, 9.17) is 5.26 Å². The lowest BCUT2D eigenvalue weighted by Gasteiger charge is -1.98. The minimum Gasteiger partial charge on any atom is -0.229 e. The molecule has 3 nitrogen and oxygen atoms in total. The Morgan fingerprint density at radius 2 is 1.88 bits per heavy atom. The van der Waals surface area contributed by atoms with E-state index in [1.54, 1.807) is 0 Å². The van der Waals surface area contributed by atoms with E-state index in [0.29, 0.717) is 0 Å². The maximum Gasteiger partial charge on any atom is 0.152 e. The number of hydrogen-bond acceptors (Lipinski definition) is 3. The highest BCUT2D eigenvalue weighted by Crippen LogP contribution is 2.51. The van der Waals surface area contributed by atoms with Gasteiger partial charge in [0, 0.05) is 16.6 Å². The normalized spacial score (nSPS) is 28.4. The fraction of sp³-hybridized carbons (Fsp3) is 0.364. The molecular weight excluding hydrogens is 290 g/mol. The fourth-order valence-electron chi connectivity index (χ4n) is 2.05. The van der Waals surface area contributed by atoms with E-state index in [0.717, 1.165) is 10.0 Å². The largest absolute Gasteiger partial charge is 0.229 e. The number of nitriles is 1. The number of hydrogen-bond donors (Lipinski definition) is 0. The molecule has 5 heteroatoms. The third kappa shape index (κ3) is 2.00. The average Bonchev–Trinajstić information content (AvgIpc) is 2.92. The molecule has 0 amide bonds. The highest BCUT2D eigenvalue weighted by Gasteiger charge is 2.57. The van der Waals surface area contributed by atoms with Crippen molar-refractivity contribution in [2.24, 2.45) is 5.92 Å². The van der Waals surface area contributed by atoms with Crippen LogP contribution in [-0.4, -0.2) is 19.9 Å². The maximum absolute atomic E-state index is 11.5. The lowest BCUT2D eigenvalue weighted by molar-refractivity contribution is 0.599. The molecule has 16 heavy (non-hydrogen) atoms. The van der Waals surface area contributed by atoms with Gasteiger partial charge in [-0.3, -0.25) is 0 Å². The van der Waals surface area contributed by atoms with Crippen LogP contribution in [-0.2, 0) is 9.84 Å². The molecule has 0 aliphatic heterocycles. The van der Waals surface area contributed by atoms with E-state index in [9.17, 15) is 8.42 Å². The molecule has 0 unspecified atom stereocenters. The fourth-order valence-corrected chi connectivity index (χ4v) is 3.85. The molecule has 0 aromatic heterocycles. The lowest BCUT2D eigenvalue weighted by Crippen LogP contribution is -2.06. The van der Waals surface area contributed by atoms with E-state index >= 15 is 0 Å². The molecule has 0 N–H and O–H groups in total. The number of nitrogens with zero attached hydrogens (tertiary/aromatic N) is 1. The van der Waals surface area contributed by atoms with Crippen molar-refractivity contribution < 1.29 is 8.42 Å². The first-order valence-electron chi connectivity index (χ1n) is 4.79. The first kappa shape index (κ1) is 11.6. The Morgan fingerprint density at radius 3 is 2.25 bits per heavy atom. The molecule has 84 valence electrons. The zero-order chi connectivity index (χ0) is 11.9. The van der Waals surface area contributed by atoms with Crippen LogP contribution in [0.3, 0.4) is 0 Å². The highest BCUT2D eigenvalue weighted by molar-refractivity contribution is 9.10. The van der Waals surface area contributed by atoms with Crippen molar-refractivity contribution in [3.63, 3.8) is 0 Å². The predicted octanol–water partition coefficient (Wildman–Crippen LogP) is 2.10. The summed E-state index contributed by atoms with van der Waals surface area (Å²) in [6.07, 6.45) is 1.20. The van der Waals surface area contributed by atoms with E-state index in [1.165, 1.54) is 6.26 Å². The van der Waals surface area contributed by atoms with Crippen molar-refractivity contribution >= 4 is 25.8 Å². The van der Waals surface area contributed by atoms with Gasteiger partial charge >= 0.3 is 0 Å². The Balaban J connectivity index is 2.31. The van der Waals surface area contributed by atoms with Crippen LogP contribution in [0.25, 0.3) is 0 Å². The zero-order valence-corrected chi connectivity index (χ0v) is 11.0. The second kappa shape index (κ2) is 3.86. The summed E-state index contributed by atoms with van der Waals surface area (Å²) in [4.78, 5) is 0. The number of benzene rings is 1. The Hall–Kier alpha value is -0.860. The molecule has 0 saturated heterocycles. The first-order valence-corrected chi connectivity index (χ1v) is 7.54. The molecule has 0 spiro atoms. The SMILES string of the molecule is CS(=O)(=O)[C@@H]1[C@@H](C#N)[C@H]1c1ccc(Br)cc1. The second-order valence-corrected chi connectivity index (χ2v) is 7.15. The van der Waals surface area contributed by atoms with Crippen LogP contribution in [0, 0.1) is 17.2 Å². The van der Waals surface area contributed by atoms with Gasteiger partial charge in [0.1, 0.15) is 0 Å². The van der Waals surface area contributed by atoms with E-state index in [-0.39, 0.29) is 5.92 Å². The summed E-state index contributed by atoms with van der Waals surface area (Å²) < 4.78 is 23.9. The molecule has 3 atom stereocenters. The van der Waals surface area contributed by atoms with Crippen LogP contribution < -0.4 is 0 Å². The predicted molar refractivity (Wildman–Crippen MR) is 64.6 cm³/mol. The van der Waals surface area contributed by atoms with E-state index in [2.05, 4.69) is 22.0 Å². The van der Waals surface area contributed by atoms with Gasteiger partial charge in [0.2, 0.25) is 0 Å². The molecule has 1 fully saturated rings. The van der Waals surface area contributed by atoms with Crippen molar-refractivity contribution in [3.8, 4) is 6.07 Å². The molecule has 1 aliphatic rings. The third-order valence-corrected chi connectivity index (χ3v) is 4.96. The summed E-state index contributed by atoms with van der Waals surface area (Å²) in [7, 11) is -3.13.